The third kappa shape index (κ3) is 3.22. The van der Waals surface area contributed by atoms with Crippen LogP contribution in [0.5, 0.6) is 0 Å². The van der Waals surface area contributed by atoms with Crippen LogP contribution < -0.4 is 4.90 Å². The molecule has 0 unspecified atom stereocenters. The molecule has 0 atom stereocenters. The van der Waals surface area contributed by atoms with Crippen molar-refractivity contribution in [3.8, 4) is 0 Å². The molecule has 3 heteroatoms. The number of hydrogen-bond acceptors (Lipinski definition) is 2. The number of carbonyl (C=O) groups is 1. The van der Waals surface area contributed by atoms with Gasteiger partial charge in [-0.3, -0.25) is 4.79 Å². The molecule has 0 bridgehead atoms. The van der Waals surface area contributed by atoms with Crippen molar-refractivity contribution in [1.82, 2.24) is 0 Å². The maximum atomic E-state index is 10.6. The number of rotatable bonds is 6. The zero-order valence-corrected chi connectivity index (χ0v) is 10.0. The van der Waals surface area contributed by atoms with Gasteiger partial charge >= 0.3 is 5.97 Å². The van der Waals surface area contributed by atoms with Crippen LogP contribution in [-0.2, 0) is 4.79 Å². The predicted octanol–water partition coefficient (Wildman–Crippen LogP) is 2.91. The second kappa shape index (κ2) is 5.71. The highest BCUT2D eigenvalue weighted by molar-refractivity contribution is 5.66. The normalized spacial score (nSPS) is 15.3. The number of hydrogen-bond donors (Lipinski definition) is 1. The topological polar surface area (TPSA) is 40.5 Å². The SMILES string of the molecule is O=C(O)CCCN(c1ccccc1)C1CCC1. The lowest BCUT2D eigenvalue weighted by Gasteiger charge is -2.39. The molecule has 1 aromatic rings. The number of para-hydroxylation sites is 1. The van der Waals surface area contributed by atoms with Crippen LogP contribution in [0.1, 0.15) is 32.1 Å². The average Bonchev–Trinajstić information content (AvgIpc) is 2.26. The molecule has 2 rings (SSSR count). The summed E-state index contributed by atoms with van der Waals surface area (Å²) >= 11 is 0. The molecule has 0 aliphatic heterocycles. The van der Waals surface area contributed by atoms with E-state index in [9.17, 15) is 4.79 Å². The third-order valence-electron chi connectivity index (χ3n) is 3.39. The van der Waals surface area contributed by atoms with Crippen molar-refractivity contribution >= 4 is 11.7 Å². The van der Waals surface area contributed by atoms with Crippen LogP contribution in [0.25, 0.3) is 0 Å². The van der Waals surface area contributed by atoms with E-state index >= 15 is 0 Å². The Morgan fingerprint density at radius 2 is 2.00 bits per heavy atom. The van der Waals surface area contributed by atoms with E-state index in [0.717, 1.165) is 13.0 Å². The van der Waals surface area contributed by atoms with Gasteiger partial charge in [0.1, 0.15) is 0 Å². The van der Waals surface area contributed by atoms with E-state index in [0.29, 0.717) is 6.04 Å². The van der Waals surface area contributed by atoms with E-state index in [1.807, 2.05) is 18.2 Å². The van der Waals surface area contributed by atoms with Crippen molar-refractivity contribution in [1.29, 1.82) is 0 Å². The van der Waals surface area contributed by atoms with E-state index in [4.69, 9.17) is 5.11 Å². The lowest BCUT2D eigenvalue weighted by Crippen LogP contribution is -2.41. The summed E-state index contributed by atoms with van der Waals surface area (Å²) in [6.07, 6.45) is 4.76. The number of benzene rings is 1. The van der Waals surface area contributed by atoms with Gasteiger partial charge in [-0.1, -0.05) is 18.2 Å². The molecular weight excluding hydrogens is 214 g/mol. The molecule has 0 spiro atoms. The second-order valence-corrected chi connectivity index (χ2v) is 4.61. The fourth-order valence-electron chi connectivity index (χ4n) is 2.24. The molecule has 3 nitrogen and oxygen atoms in total. The average molecular weight is 233 g/mol. The summed E-state index contributed by atoms with van der Waals surface area (Å²) in [6, 6.07) is 10.9. The van der Waals surface area contributed by atoms with Gasteiger partial charge in [-0.2, -0.15) is 0 Å². The van der Waals surface area contributed by atoms with Crippen LogP contribution in [0.15, 0.2) is 30.3 Å². The first-order valence-corrected chi connectivity index (χ1v) is 6.31. The molecule has 0 saturated heterocycles. The second-order valence-electron chi connectivity index (χ2n) is 4.61. The van der Waals surface area contributed by atoms with Crippen molar-refractivity contribution in [2.24, 2.45) is 0 Å². The number of nitrogens with zero attached hydrogens (tertiary/aromatic N) is 1. The fraction of sp³-hybridized carbons (Fsp3) is 0.500. The Hall–Kier alpha value is -1.51. The van der Waals surface area contributed by atoms with Gasteiger partial charge in [-0.05, 0) is 37.8 Å². The Bertz CT molecular complexity index is 360. The smallest absolute Gasteiger partial charge is 0.303 e. The molecule has 17 heavy (non-hydrogen) atoms. The summed E-state index contributed by atoms with van der Waals surface area (Å²) in [7, 11) is 0. The largest absolute Gasteiger partial charge is 0.481 e. The van der Waals surface area contributed by atoms with Gasteiger partial charge in [0, 0.05) is 24.7 Å². The lowest BCUT2D eigenvalue weighted by molar-refractivity contribution is -0.137. The van der Waals surface area contributed by atoms with Gasteiger partial charge in [-0.15, -0.1) is 0 Å². The Labute approximate surface area is 102 Å². The molecule has 92 valence electrons. The monoisotopic (exact) mass is 233 g/mol. The minimum absolute atomic E-state index is 0.260. The van der Waals surface area contributed by atoms with Crippen LogP contribution in [0.4, 0.5) is 5.69 Å². The standard InChI is InChI=1S/C14H19NO2/c16-14(17)10-5-11-15(13-8-4-9-13)12-6-2-1-3-7-12/h1-3,6-7,13H,4-5,8-11H2,(H,16,17). The van der Waals surface area contributed by atoms with Gasteiger partial charge < -0.3 is 10.0 Å². The number of carboxylic acids is 1. The first kappa shape index (κ1) is 12.0. The zero-order chi connectivity index (χ0) is 12.1. The molecule has 1 aliphatic rings. The maximum Gasteiger partial charge on any atom is 0.303 e. The first-order chi connectivity index (χ1) is 8.27. The van der Waals surface area contributed by atoms with E-state index < -0.39 is 5.97 Å². The van der Waals surface area contributed by atoms with Crippen LogP contribution in [0.2, 0.25) is 0 Å². The van der Waals surface area contributed by atoms with Gasteiger partial charge in [0.15, 0.2) is 0 Å². The highest BCUT2D eigenvalue weighted by Crippen LogP contribution is 2.29. The van der Waals surface area contributed by atoms with Crippen molar-refractivity contribution in [2.75, 3.05) is 11.4 Å². The quantitative estimate of drug-likeness (QED) is 0.821. The fourth-order valence-corrected chi connectivity index (χ4v) is 2.24. The van der Waals surface area contributed by atoms with Crippen LogP contribution in [-0.4, -0.2) is 23.7 Å². The molecule has 1 fully saturated rings. The van der Waals surface area contributed by atoms with Gasteiger partial charge in [-0.25, -0.2) is 0 Å². The third-order valence-corrected chi connectivity index (χ3v) is 3.39. The molecule has 0 aromatic heterocycles. The molecule has 1 N–H and O–H groups in total. The van der Waals surface area contributed by atoms with Crippen LogP contribution >= 0.6 is 0 Å². The van der Waals surface area contributed by atoms with Crippen molar-refractivity contribution in [3.63, 3.8) is 0 Å². The highest BCUT2D eigenvalue weighted by atomic mass is 16.4. The Balaban J connectivity index is 1.96. The summed E-state index contributed by atoms with van der Waals surface area (Å²) in [5.74, 6) is -0.702. The van der Waals surface area contributed by atoms with Crippen molar-refractivity contribution in [2.45, 2.75) is 38.1 Å². The Kier molecular flexibility index (Phi) is 4.02. The Morgan fingerprint density at radius 1 is 1.29 bits per heavy atom. The van der Waals surface area contributed by atoms with Gasteiger partial charge in [0.05, 0.1) is 0 Å². The minimum atomic E-state index is -0.702. The van der Waals surface area contributed by atoms with Crippen molar-refractivity contribution in [3.05, 3.63) is 30.3 Å². The van der Waals surface area contributed by atoms with E-state index in [1.54, 1.807) is 0 Å². The molecule has 0 amide bonds. The zero-order valence-electron chi connectivity index (χ0n) is 10.0. The summed E-state index contributed by atoms with van der Waals surface area (Å²) in [5, 5.41) is 8.69. The summed E-state index contributed by atoms with van der Waals surface area (Å²) in [5.41, 5.74) is 1.22. The summed E-state index contributed by atoms with van der Waals surface area (Å²) in [6.45, 7) is 0.848. The lowest BCUT2D eigenvalue weighted by atomic mass is 9.91. The summed E-state index contributed by atoms with van der Waals surface area (Å²) < 4.78 is 0. The van der Waals surface area contributed by atoms with Gasteiger partial charge in [0.2, 0.25) is 0 Å². The number of carboxylic acid groups (broad SMARTS) is 1. The van der Waals surface area contributed by atoms with Crippen molar-refractivity contribution < 1.29 is 9.90 Å². The summed E-state index contributed by atoms with van der Waals surface area (Å²) in [4.78, 5) is 12.9. The molecular formula is C14H19NO2. The van der Waals surface area contributed by atoms with E-state index in [2.05, 4.69) is 17.0 Å². The van der Waals surface area contributed by atoms with Crippen LogP contribution in [0.3, 0.4) is 0 Å². The maximum absolute atomic E-state index is 10.6. The predicted molar refractivity (Wildman–Crippen MR) is 68.3 cm³/mol. The first-order valence-electron chi connectivity index (χ1n) is 6.31. The van der Waals surface area contributed by atoms with E-state index in [-0.39, 0.29) is 6.42 Å². The highest BCUT2D eigenvalue weighted by Gasteiger charge is 2.24. The molecule has 1 aromatic carbocycles. The molecule has 1 saturated carbocycles. The number of anilines is 1. The Morgan fingerprint density at radius 3 is 2.53 bits per heavy atom. The number of aliphatic carboxylic acids is 1. The minimum Gasteiger partial charge on any atom is -0.481 e. The van der Waals surface area contributed by atoms with Gasteiger partial charge in [0.25, 0.3) is 0 Å². The van der Waals surface area contributed by atoms with E-state index in [1.165, 1.54) is 24.9 Å². The molecule has 1 aliphatic carbocycles. The van der Waals surface area contributed by atoms with Crippen LogP contribution in [0, 0.1) is 0 Å². The molecule has 0 radical (unpaired) electrons. The molecule has 0 heterocycles.